The fourth-order valence-electron chi connectivity index (χ4n) is 1.71. The van der Waals surface area contributed by atoms with E-state index in [1.807, 2.05) is 0 Å². The number of hydrogen-bond donors (Lipinski definition) is 2. The molecule has 2 N–H and O–H groups in total. The predicted molar refractivity (Wildman–Crippen MR) is 50.5 cm³/mol. The van der Waals surface area contributed by atoms with E-state index in [4.69, 9.17) is 0 Å². The van der Waals surface area contributed by atoms with Crippen LogP contribution in [0.4, 0.5) is 4.39 Å². The molecule has 3 nitrogen and oxygen atoms in total. The number of benzene rings is 1. The Morgan fingerprint density at radius 3 is 2.93 bits per heavy atom. The maximum Gasteiger partial charge on any atom is 0.128 e. The van der Waals surface area contributed by atoms with Crippen LogP contribution in [0.1, 0.15) is 11.6 Å². The van der Waals surface area contributed by atoms with E-state index in [1.54, 1.807) is 18.2 Å². The van der Waals surface area contributed by atoms with E-state index < -0.39 is 0 Å². The van der Waals surface area contributed by atoms with Crippen LogP contribution in [0.25, 0.3) is 0 Å². The standard InChI is InChI=1S/C10H13FN2O/c11-9-4-2-1-3-8(9)10-7-12-5-6-13(10)14/h1-4,10,12,14H,5-7H2. The van der Waals surface area contributed by atoms with Gasteiger partial charge in [-0.2, -0.15) is 5.06 Å². The van der Waals surface area contributed by atoms with Crippen LogP contribution in [0.2, 0.25) is 0 Å². The number of nitrogens with one attached hydrogen (secondary N) is 1. The van der Waals surface area contributed by atoms with Crippen molar-refractivity contribution >= 4 is 0 Å². The Hall–Kier alpha value is -0.970. The molecule has 1 atom stereocenters. The Labute approximate surface area is 82.1 Å². The summed E-state index contributed by atoms with van der Waals surface area (Å²) < 4.78 is 13.4. The first-order valence-electron chi connectivity index (χ1n) is 4.69. The minimum atomic E-state index is -0.273. The highest BCUT2D eigenvalue weighted by atomic mass is 19.1. The Kier molecular flexibility index (Phi) is 2.77. The van der Waals surface area contributed by atoms with Crippen molar-refractivity contribution in [3.8, 4) is 0 Å². The van der Waals surface area contributed by atoms with Gasteiger partial charge in [-0.3, -0.25) is 0 Å². The first-order chi connectivity index (χ1) is 6.79. The number of piperazine rings is 1. The molecular weight excluding hydrogens is 183 g/mol. The van der Waals surface area contributed by atoms with Gasteiger partial charge in [0.15, 0.2) is 0 Å². The number of halogens is 1. The molecule has 0 spiro atoms. The number of hydroxylamine groups is 2. The lowest BCUT2D eigenvalue weighted by Crippen LogP contribution is -2.44. The van der Waals surface area contributed by atoms with E-state index in [1.165, 1.54) is 11.1 Å². The van der Waals surface area contributed by atoms with Crippen LogP contribution in [0.3, 0.4) is 0 Å². The second kappa shape index (κ2) is 4.04. The van der Waals surface area contributed by atoms with Crippen LogP contribution in [0, 0.1) is 5.82 Å². The molecule has 0 bridgehead atoms. The highest BCUT2D eigenvalue weighted by molar-refractivity contribution is 5.21. The van der Waals surface area contributed by atoms with Crippen LogP contribution >= 0.6 is 0 Å². The smallest absolute Gasteiger partial charge is 0.128 e. The summed E-state index contributed by atoms with van der Waals surface area (Å²) in [4.78, 5) is 0. The molecule has 0 amide bonds. The summed E-state index contributed by atoms with van der Waals surface area (Å²) in [5, 5.41) is 13.9. The van der Waals surface area contributed by atoms with Gasteiger partial charge in [-0.1, -0.05) is 18.2 Å². The van der Waals surface area contributed by atoms with E-state index in [0.29, 0.717) is 18.7 Å². The third kappa shape index (κ3) is 1.77. The Bertz CT molecular complexity index is 319. The number of nitrogens with zero attached hydrogens (tertiary/aromatic N) is 1. The molecule has 1 unspecified atom stereocenters. The largest absolute Gasteiger partial charge is 0.313 e. The zero-order valence-electron chi connectivity index (χ0n) is 7.78. The summed E-state index contributed by atoms with van der Waals surface area (Å²) >= 11 is 0. The van der Waals surface area contributed by atoms with Crippen molar-refractivity contribution in [2.45, 2.75) is 6.04 Å². The van der Waals surface area contributed by atoms with E-state index in [9.17, 15) is 9.60 Å². The van der Waals surface area contributed by atoms with Gasteiger partial charge in [0, 0.05) is 25.2 Å². The molecule has 76 valence electrons. The van der Waals surface area contributed by atoms with E-state index in [0.717, 1.165) is 6.54 Å². The van der Waals surface area contributed by atoms with E-state index in [-0.39, 0.29) is 11.9 Å². The third-order valence-electron chi connectivity index (χ3n) is 2.48. The fraction of sp³-hybridized carbons (Fsp3) is 0.400. The Morgan fingerprint density at radius 1 is 1.43 bits per heavy atom. The zero-order valence-corrected chi connectivity index (χ0v) is 7.78. The fourth-order valence-corrected chi connectivity index (χ4v) is 1.71. The second-order valence-electron chi connectivity index (χ2n) is 3.40. The third-order valence-corrected chi connectivity index (χ3v) is 2.48. The van der Waals surface area contributed by atoms with Gasteiger partial charge in [0.25, 0.3) is 0 Å². The maximum atomic E-state index is 13.4. The quantitative estimate of drug-likeness (QED) is 0.707. The van der Waals surface area contributed by atoms with Gasteiger partial charge in [-0.05, 0) is 6.07 Å². The average Bonchev–Trinajstić information content (AvgIpc) is 2.20. The lowest BCUT2D eigenvalue weighted by atomic mass is 10.0. The lowest BCUT2D eigenvalue weighted by Gasteiger charge is -2.31. The van der Waals surface area contributed by atoms with Gasteiger partial charge in [-0.15, -0.1) is 0 Å². The molecule has 1 saturated heterocycles. The van der Waals surface area contributed by atoms with Gasteiger partial charge in [0.1, 0.15) is 5.82 Å². The molecule has 14 heavy (non-hydrogen) atoms. The minimum absolute atomic E-state index is 0.264. The molecule has 1 fully saturated rings. The SMILES string of the molecule is ON1CCNCC1c1ccccc1F. The average molecular weight is 196 g/mol. The summed E-state index contributed by atoms with van der Waals surface area (Å²) in [6, 6.07) is 6.27. The van der Waals surface area contributed by atoms with Gasteiger partial charge in [0.05, 0.1) is 6.04 Å². The van der Waals surface area contributed by atoms with E-state index >= 15 is 0 Å². The van der Waals surface area contributed by atoms with Gasteiger partial charge in [0.2, 0.25) is 0 Å². The molecule has 1 aliphatic heterocycles. The second-order valence-corrected chi connectivity index (χ2v) is 3.40. The van der Waals surface area contributed by atoms with Crippen LogP contribution in [-0.4, -0.2) is 29.9 Å². The molecule has 0 saturated carbocycles. The first-order valence-corrected chi connectivity index (χ1v) is 4.69. The van der Waals surface area contributed by atoms with E-state index in [2.05, 4.69) is 5.32 Å². The van der Waals surface area contributed by atoms with Gasteiger partial charge < -0.3 is 10.5 Å². The molecule has 0 aliphatic carbocycles. The highest BCUT2D eigenvalue weighted by Crippen LogP contribution is 2.22. The van der Waals surface area contributed by atoms with Crippen LogP contribution in [0.5, 0.6) is 0 Å². The first kappa shape index (κ1) is 9.58. The number of rotatable bonds is 1. The molecule has 4 heteroatoms. The summed E-state index contributed by atoms with van der Waals surface area (Å²) in [6.45, 7) is 1.85. The molecule has 1 aliphatic rings. The summed E-state index contributed by atoms with van der Waals surface area (Å²) in [5.74, 6) is -0.264. The van der Waals surface area contributed by atoms with Crippen molar-refractivity contribution in [3.05, 3.63) is 35.6 Å². The van der Waals surface area contributed by atoms with Crippen molar-refractivity contribution in [1.29, 1.82) is 0 Å². The Balaban J connectivity index is 2.25. The normalized spacial score (nSPS) is 23.7. The summed E-state index contributed by atoms with van der Waals surface area (Å²) in [5.41, 5.74) is 0.544. The summed E-state index contributed by atoms with van der Waals surface area (Å²) in [7, 11) is 0. The maximum absolute atomic E-state index is 13.4. The van der Waals surface area contributed by atoms with Crippen LogP contribution < -0.4 is 5.32 Å². The van der Waals surface area contributed by atoms with Crippen molar-refractivity contribution < 1.29 is 9.60 Å². The minimum Gasteiger partial charge on any atom is -0.313 e. The van der Waals surface area contributed by atoms with Crippen molar-refractivity contribution in [2.75, 3.05) is 19.6 Å². The molecule has 2 rings (SSSR count). The number of hydrogen-bond acceptors (Lipinski definition) is 3. The Morgan fingerprint density at radius 2 is 2.21 bits per heavy atom. The van der Waals surface area contributed by atoms with Crippen molar-refractivity contribution in [1.82, 2.24) is 10.4 Å². The molecule has 1 heterocycles. The zero-order chi connectivity index (χ0) is 9.97. The van der Waals surface area contributed by atoms with Crippen LogP contribution in [0.15, 0.2) is 24.3 Å². The monoisotopic (exact) mass is 196 g/mol. The van der Waals surface area contributed by atoms with Gasteiger partial charge >= 0.3 is 0 Å². The summed E-state index contributed by atoms with van der Waals surface area (Å²) in [6.07, 6.45) is 0. The molecule has 1 aromatic carbocycles. The van der Waals surface area contributed by atoms with Crippen LogP contribution in [-0.2, 0) is 0 Å². The topological polar surface area (TPSA) is 35.5 Å². The molecule has 0 aromatic heterocycles. The predicted octanol–water partition coefficient (Wildman–Crippen LogP) is 1.16. The molecular formula is C10H13FN2O. The van der Waals surface area contributed by atoms with Gasteiger partial charge in [-0.25, -0.2) is 4.39 Å². The highest BCUT2D eigenvalue weighted by Gasteiger charge is 2.24. The van der Waals surface area contributed by atoms with Crippen molar-refractivity contribution in [3.63, 3.8) is 0 Å². The molecule has 1 aromatic rings. The molecule has 0 radical (unpaired) electrons. The van der Waals surface area contributed by atoms with Crippen molar-refractivity contribution in [2.24, 2.45) is 0 Å². The lowest BCUT2D eigenvalue weighted by molar-refractivity contribution is -0.138.